The molecule has 7 heteroatoms. The average Bonchev–Trinajstić information content (AvgIpc) is 3.26. The molecule has 1 unspecified atom stereocenters. The van der Waals surface area contributed by atoms with E-state index in [1.165, 1.54) is 5.69 Å². The second-order valence-corrected chi connectivity index (χ2v) is 7.10. The van der Waals surface area contributed by atoms with Crippen LogP contribution in [-0.4, -0.2) is 53.0 Å². The number of aliphatic imine (C=N–C) groups is 1. The monoisotopic (exact) mass is 412 g/mol. The molecule has 3 rings (SSSR count). The molecule has 0 bridgehead atoms. The van der Waals surface area contributed by atoms with Gasteiger partial charge in [0.15, 0.2) is 17.5 Å². The summed E-state index contributed by atoms with van der Waals surface area (Å²) in [7, 11) is 5.06. The van der Waals surface area contributed by atoms with Gasteiger partial charge in [0.2, 0.25) is 5.75 Å². The second-order valence-electron chi connectivity index (χ2n) is 7.10. The van der Waals surface area contributed by atoms with Gasteiger partial charge in [0.25, 0.3) is 0 Å². The highest BCUT2D eigenvalue weighted by molar-refractivity contribution is 5.80. The Morgan fingerprint density at radius 3 is 2.43 bits per heavy atom. The molecule has 0 saturated carbocycles. The lowest BCUT2D eigenvalue weighted by Gasteiger charge is -2.20. The standard InChI is InChI=1S/C23H32N4O3/c1-5-30-22-20(28-3)13-17(14-21(22)29-4)15-25-23(24-2)26-18-11-12-27(16-18)19-9-7-6-8-10-19/h6-10,13-14,18H,5,11-12,15-16H2,1-4H3,(H2,24,25,26). The summed E-state index contributed by atoms with van der Waals surface area (Å²) in [6, 6.07) is 14.8. The second kappa shape index (κ2) is 10.6. The number of guanidine groups is 1. The number of para-hydroxylation sites is 1. The van der Waals surface area contributed by atoms with Crippen LogP contribution in [0.25, 0.3) is 0 Å². The Morgan fingerprint density at radius 2 is 1.83 bits per heavy atom. The summed E-state index contributed by atoms with van der Waals surface area (Å²) < 4.78 is 16.7. The number of hydrogen-bond donors (Lipinski definition) is 2. The Balaban J connectivity index is 1.59. The van der Waals surface area contributed by atoms with Crippen LogP contribution >= 0.6 is 0 Å². The lowest BCUT2D eigenvalue weighted by atomic mass is 10.1. The predicted molar refractivity (Wildman–Crippen MR) is 121 cm³/mol. The molecule has 0 aromatic heterocycles. The maximum absolute atomic E-state index is 5.68. The summed E-state index contributed by atoms with van der Waals surface area (Å²) in [5.41, 5.74) is 2.28. The molecule has 7 nitrogen and oxygen atoms in total. The normalized spacial score (nSPS) is 16.3. The molecule has 2 N–H and O–H groups in total. The van der Waals surface area contributed by atoms with Crippen LogP contribution in [0.1, 0.15) is 18.9 Å². The van der Waals surface area contributed by atoms with Gasteiger partial charge in [-0.05, 0) is 43.2 Å². The molecule has 162 valence electrons. The third-order valence-corrected chi connectivity index (χ3v) is 5.14. The van der Waals surface area contributed by atoms with Crippen molar-refractivity contribution in [2.45, 2.75) is 25.9 Å². The minimum Gasteiger partial charge on any atom is -0.493 e. The number of methoxy groups -OCH3 is 2. The number of nitrogens with zero attached hydrogens (tertiary/aromatic N) is 2. The van der Waals surface area contributed by atoms with Gasteiger partial charge in [0.05, 0.1) is 20.8 Å². The summed E-state index contributed by atoms with van der Waals surface area (Å²) in [6.07, 6.45) is 1.07. The van der Waals surface area contributed by atoms with Gasteiger partial charge in [0.1, 0.15) is 0 Å². The molecule has 2 aromatic rings. The van der Waals surface area contributed by atoms with Crippen molar-refractivity contribution in [2.75, 3.05) is 45.9 Å². The highest BCUT2D eigenvalue weighted by Crippen LogP contribution is 2.38. The summed E-state index contributed by atoms with van der Waals surface area (Å²) in [6.45, 7) is 5.06. The number of nitrogens with one attached hydrogen (secondary N) is 2. The van der Waals surface area contributed by atoms with E-state index in [-0.39, 0.29) is 0 Å². The number of hydrogen-bond acceptors (Lipinski definition) is 5. The molecule has 1 fully saturated rings. The van der Waals surface area contributed by atoms with Crippen molar-refractivity contribution in [3.63, 3.8) is 0 Å². The van der Waals surface area contributed by atoms with E-state index in [0.717, 1.165) is 31.0 Å². The lowest BCUT2D eigenvalue weighted by Crippen LogP contribution is -2.44. The molecule has 1 heterocycles. The summed E-state index contributed by atoms with van der Waals surface area (Å²) in [5, 5.41) is 6.92. The Hall–Kier alpha value is -3.09. The van der Waals surface area contributed by atoms with Gasteiger partial charge in [-0.15, -0.1) is 0 Å². The fourth-order valence-corrected chi connectivity index (χ4v) is 3.65. The first-order chi connectivity index (χ1) is 14.7. The Labute approximate surface area is 179 Å². The smallest absolute Gasteiger partial charge is 0.203 e. The van der Waals surface area contributed by atoms with Crippen LogP contribution < -0.4 is 29.7 Å². The molecule has 1 aliphatic heterocycles. The Kier molecular flexibility index (Phi) is 7.65. The fraction of sp³-hybridized carbons (Fsp3) is 0.435. The van der Waals surface area contributed by atoms with Crippen LogP contribution in [0, 0.1) is 0 Å². The van der Waals surface area contributed by atoms with Crippen LogP contribution in [0.4, 0.5) is 5.69 Å². The van der Waals surface area contributed by atoms with Gasteiger partial charge < -0.3 is 29.7 Å². The van der Waals surface area contributed by atoms with Gasteiger partial charge in [-0.3, -0.25) is 4.99 Å². The zero-order valence-corrected chi connectivity index (χ0v) is 18.3. The molecule has 2 aromatic carbocycles. The van der Waals surface area contributed by atoms with Crippen molar-refractivity contribution in [2.24, 2.45) is 4.99 Å². The van der Waals surface area contributed by atoms with E-state index < -0.39 is 0 Å². The zero-order chi connectivity index (χ0) is 21.3. The zero-order valence-electron chi connectivity index (χ0n) is 18.3. The maximum atomic E-state index is 5.68. The minimum atomic E-state index is 0.348. The molecule has 1 atom stereocenters. The quantitative estimate of drug-likeness (QED) is 0.513. The topological polar surface area (TPSA) is 67.4 Å². The van der Waals surface area contributed by atoms with Crippen molar-refractivity contribution < 1.29 is 14.2 Å². The van der Waals surface area contributed by atoms with E-state index >= 15 is 0 Å². The van der Waals surface area contributed by atoms with Gasteiger partial charge in [-0.1, -0.05) is 18.2 Å². The van der Waals surface area contributed by atoms with E-state index in [4.69, 9.17) is 14.2 Å². The van der Waals surface area contributed by atoms with Crippen molar-refractivity contribution in [1.29, 1.82) is 0 Å². The largest absolute Gasteiger partial charge is 0.493 e. The number of rotatable bonds is 8. The Morgan fingerprint density at radius 1 is 1.13 bits per heavy atom. The van der Waals surface area contributed by atoms with Crippen molar-refractivity contribution in [3.8, 4) is 17.2 Å². The first-order valence-electron chi connectivity index (χ1n) is 10.3. The summed E-state index contributed by atoms with van der Waals surface area (Å²) in [4.78, 5) is 6.78. The third kappa shape index (κ3) is 5.28. The molecular formula is C23H32N4O3. The SMILES string of the molecule is CCOc1c(OC)cc(CNC(=NC)NC2CCN(c3ccccc3)C2)cc1OC. The first kappa shape index (κ1) is 21.6. The Bertz CT molecular complexity index is 817. The number of anilines is 1. The minimum absolute atomic E-state index is 0.348. The van der Waals surface area contributed by atoms with Crippen LogP contribution in [-0.2, 0) is 6.54 Å². The highest BCUT2D eigenvalue weighted by Gasteiger charge is 2.23. The van der Waals surface area contributed by atoms with Gasteiger partial charge in [-0.2, -0.15) is 0 Å². The lowest BCUT2D eigenvalue weighted by molar-refractivity contribution is 0.288. The molecule has 0 spiro atoms. The van der Waals surface area contributed by atoms with E-state index in [0.29, 0.717) is 36.4 Å². The molecule has 1 saturated heterocycles. The van der Waals surface area contributed by atoms with Crippen LogP contribution in [0.5, 0.6) is 17.2 Å². The summed E-state index contributed by atoms with van der Waals surface area (Å²) in [5.74, 6) is 2.72. The van der Waals surface area contributed by atoms with Crippen LogP contribution in [0.2, 0.25) is 0 Å². The van der Waals surface area contributed by atoms with Crippen molar-refractivity contribution in [3.05, 3.63) is 48.0 Å². The van der Waals surface area contributed by atoms with Gasteiger partial charge in [0, 0.05) is 38.4 Å². The molecule has 0 aliphatic carbocycles. The maximum Gasteiger partial charge on any atom is 0.203 e. The van der Waals surface area contributed by atoms with E-state index in [2.05, 4.69) is 44.8 Å². The fourth-order valence-electron chi connectivity index (χ4n) is 3.65. The van der Waals surface area contributed by atoms with E-state index in [1.54, 1.807) is 21.3 Å². The first-order valence-corrected chi connectivity index (χ1v) is 10.3. The molecule has 0 radical (unpaired) electrons. The number of ether oxygens (including phenoxy) is 3. The van der Waals surface area contributed by atoms with Crippen LogP contribution in [0.15, 0.2) is 47.5 Å². The van der Waals surface area contributed by atoms with Crippen molar-refractivity contribution in [1.82, 2.24) is 10.6 Å². The molecular weight excluding hydrogens is 380 g/mol. The van der Waals surface area contributed by atoms with Crippen LogP contribution in [0.3, 0.4) is 0 Å². The summed E-state index contributed by atoms with van der Waals surface area (Å²) >= 11 is 0. The van der Waals surface area contributed by atoms with Crippen molar-refractivity contribution >= 4 is 11.6 Å². The van der Waals surface area contributed by atoms with Gasteiger partial charge >= 0.3 is 0 Å². The van der Waals surface area contributed by atoms with E-state index in [9.17, 15) is 0 Å². The molecule has 1 aliphatic rings. The third-order valence-electron chi connectivity index (χ3n) is 5.14. The predicted octanol–water partition coefficient (Wildman–Crippen LogP) is 3.05. The average molecular weight is 413 g/mol. The van der Waals surface area contributed by atoms with E-state index in [1.807, 2.05) is 25.1 Å². The molecule has 0 amide bonds. The highest BCUT2D eigenvalue weighted by atomic mass is 16.5. The number of benzene rings is 2. The van der Waals surface area contributed by atoms with Gasteiger partial charge in [-0.25, -0.2) is 0 Å². The molecule has 30 heavy (non-hydrogen) atoms.